The van der Waals surface area contributed by atoms with Crippen molar-refractivity contribution >= 4 is 17.6 Å². The van der Waals surface area contributed by atoms with Gasteiger partial charge >= 0.3 is 12.6 Å². The van der Waals surface area contributed by atoms with E-state index in [1.807, 2.05) is 47.3 Å². The van der Waals surface area contributed by atoms with Gasteiger partial charge in [-0.15, -0.1) is 0 Å². The summed E-state index contributed by atoms with van der Waals surface area (Å²) < 4.78 is 44.1. The van der Waals surface area contributed by atoms with E-state index < -0.39 is 6.61 Å². The number of ether oxygens (including phenoxy) is 3. The quantitative estimate of drug-likeness (QED) is 0.276. The van der Waals surface area contributed by atoms with Gasteiger partial charge in [0, 0.05) is 61.4 Å². The van der Waals surface area contributed by atoms with E-state index in [1.165, 1.54) is 7.11 Å². The number of aromatic nitrogens is 4. The van der Waals surface area contributed by atoms with Crippen LogP contribution in [0.25, 0.3) is 16.8 Å². The highest BCUT2D eigenvalue weighted by atomic mass is 19.3. The molecule has 1 saturated carbocycles. The molecule has 2 bridgehead atoms. The molecule has 4 unspecified atom stereocenters. The van der Waals surface area contributed by atoms with E-state index in [9.17, 15) is 13.6 Å². The van der Waals surface area contributed by atoms with Gasteiger partial charge in [0.2, 0.25) is 5.95 Å². The topological polar surface area (TPSA) is 91.1 Å². The first kappa shape index (κ1) is 26.8. The highest BCUT2D eigenvalue weighted by molar-refractivity contribution is 5.74. The number of anilines is 1. The summed E-state index contributed by atoms with van der Waals surface area (Å²) in [5.41, 5.74) is 4.84. The molecule has 2 aliphatic carbocycles. The van der Waals surface area contributed by atoms with Crippen LogP contribution in [0.3, 0.4) is 0 Å². The fourth-order valence-corrected chi connectivity index (χ4v) is 7.27. The maximum atomic E-state index is 13.2. The zero-order valence-electron chi connectivity index (χ0n) is 23.3. The van der Waals surface area contributed by atoms with Crippen LogP contribution in [-0.4, -0.2) is 59.2 Å². The van der Waals surface area contributed by atoms with E-state index in [0.717, 1.165) is 54.1 Å². The van der Waals surface area contributed by atoms with Crippen LogP contribution >= 0.6 is 0 Å². The normalized spacial score (nSPS) is 24.8. The Morgan fingerprint density at radius 2 is 1.74 bits per heavy atom. The number of hydrogen-bond donors (Lipinski definition) is 0. The van der Waals surface area contributed by atoms with Gasteiger partial charge in [-0.05, 0) is 49.3 Å². The molecule has 0 radical (unpaired) electrons. The Labute approximate surface area is 241 Å². The smallest absolute Gasteiger partial charge is 0.387 e. The van der Waals surface area contributed by atoms with Gasteiger partial charge in [0.05, 0.1) is 24.4 Å². The number of imidazole rings is 1. The van der Waals surface area contributed by atoms with Crippen LogP contribution in [0.15, 0.2) is 55.0 Å². The van der Waals surface area contributed by atoms with Crippen molar-refractivity contribution in [3.8, 4) is 16.9 Å². The molecule has 1 aliphatic heterocycles. The predicted molar refractivity (Wildman–Crippen MR) is 149 cm³/mol. The first-order valence-electron chi connectivity index (χ1n) is 14.2. The molecular weight excluding hydrogens is 544 g/mol. The summed E-state index contributed by atoms with van der Waals surface area (Å²) in [6, 6.07) is 10.8. The maximum Gasteiger partial charge on any atom is 0.387 e. The lowest BCUT2D eigenvalue weighted by Crippen LogP contribution is -2.45. The van der Waals surface area contributed by atoms with Crippen molar-refractivity contribution in [2.24, 2.45) is 17.8 Å². The van der Waals surface area contributed by atoms with Crippen LogP contribution < -0.4 is 9.64 Å². The largest absolute Gasteiger partial charge is 0.469 e. The van der Waals surface area contributed by atoms with Crippen LogP contribution in [0.4, 0.5) is 14.7 Å². The SMILES string of the molecule is COC(=O)C1C2CCC1CN(c1ncc(-c3ccc4nc5c(n4c3)C(c3ccccc3OC(F)F)CC5OC)cn1)C2. The van der Waals surface area contributed by atoms with Gasteiger partial charge in [-0.2, -0.15) is 8.78 Å². The number of carbonyl (C=O) groups is 1. The minimum atomic E-state index is -2.92. The lowest BCUT2D eigenvalue weighted by atomic mass is 9.85. The second kappa shape index (κ2) is 10.6. The third kappa shape index (κ3) is 4.46. The molecule has 7 rings (SSSR count). The van der Waals surface area contributed by atoms with Gasteiger partial charge in [-0.1, -0.05) is 18.2 Å². The van der Waals surface area contributed by atoms with Crippen LogP contribution in [-0.2, 0) is 14.3 Å². The first-order chi connectivity index (χ1) is 20.4. The predicted octanol–water partition coefficient (Wildman–Crippen LogP) is 5.25. The van der Waals surface area contributed by atoms with Crippen molar-refractivity contribution in [1.29, 1.82) is 0 Å². The molecule has 3 aromatic heterocycles. The number of piperidine rings is 1. The number of hydrogen-bond acceptors (Lipinski definition) is 8. The highest BCUT2D eigenvalue weighted by Gasteiger charge is 2.47. The standard InChI is InChI=1S/C31H31F2N5O4/c1-40-24-11-22(21-5-3-4-6-23(21)42-30(32)33)28-27(24)36-25-10-9-17(16-38(25)28)20-12-34-31(35-13-20)37-14-18-7-8-19(15-37)26(18)29(39)41-2/h3-6,9-10,12-13,16,18-19,22,24,26,30H,7-8,11,14-15H2,1-2H3. The molecule has 4 heterocycles. The number of carbonyl (C=O) groups excluding carboxylic acids is 1. The summed E-state index contributed by atoms with van der Waals surface area (Å²) in [4.78, 5) is 28.7. The van der Waals surface area contributed by atoms with Gasteiger partial charge in [-0.25, -0.2) is 15.0 Å². The first-order valence-corrected chi connectivity index (χ1v) is 14.2. The molecule has 42 heavy (non-hydrogen) atoms. The molecule has 0 N–H and O–H groups in total. The number of fused-ring (bicyclic) bond motifs is 5. The van der Waals surface area contributed by atoms with Crippen molar-refractivity contribution in [2.75, 3.05) is 32.2 Å². The van der Waals surface area contributed by atoms with Crippen molar-refractivity contribution in [1.82, 2.24) is 19.4 Å². The lowest BCUT2D eigenvalue weighted by molar-refractivity contribution is -0.148. The van der Waals surface area contributed by atoms with E-state index in [1.54, 1.807) is 19.2 Å². The summed E-state index contributed by atoms with van der Waals surface area (Å²) in [7, 11) is 3.10. The number of esters is 1. The Bertz CT molecular complexity index is 1610. The number of pyridine rings is 1. The van der Waals surface area contributed by atoms with Crippen molar-refractivity contribution < 1.29 is 27.8 Å². The van der Waals surface area contributed by atoms with E-state index >= 15 is 0 Å². The van der Waals surface area contributed by atoms with Gasteiger partial charge in [-0.3, -0.25) is 4.79 Å². The van der Waals surface area contributed by atoms with Crippen molar-refractivity contribution in [3.05, 3.63) is 71.9 Å². The lowest BCUT2D eigenvalue weighted by Gasteiger charge is -2.36. The molecule has 2 fully saturated rings. The number of benzene rings is 1. The molecule has 3 aliphatic rings. The summed E-state index contributed by atoms with van der Waals surface area (Å²) in [6.45, 7) is -1.44. The molecule has 0 amide bonds. The van der Waals surface area contributed by atoms with Crippen LogP contribution in [0.1, 0.15) is 48.2 Å². The third-order valence-electron chi connectivity index (χ3n) is 9.13. The number of halogens is 2. The molecule has 218 valence electrons. The Kier molecular flexibility index (Phi) is 6.76. The van der Waals surface area contributed by atoms with E-state index in [2.05, 4.69) is 4.90 Å². The summed E-state index contributed by atoms with van der Waals surface area (Å²) in [6.07, 6.45) is 7.94. The van der Waals surface area contributed by atoms with E-state index in [4.69, 9.17) is 29.2 Å². The second-order valence-corrected chi connectivity index (χ2v) is 11.3. The third-order valence-corrected chi connectivity index (χ3v) is 9.13. The van der Waals surface area contributed by atoms with Gasteiger partial charge in [0.1, 0.15) is 17.5 Å². The molecule has 9 nitrogen and oxygen atoms in total. The fourth-order valence-electron chi connectivity index (χ4n) is 7.27. The van der Waals surface area contributed by atoms with Crippen LogP contribution in [0.5, 0.6) is 5.75 Å². The second-order valence-electron chi connectivity index (χ2n) is 11.3. The van der Waals surface area contributed by atoms with Crippen molar-refractivity contribution in [2.45, 2.75) is 37.9 Å². The van der Waals surface area contributed by atoms with E-state index in [0.29, 0.717) is 17.9 Å². The van der Waals surface area contributed by atoms with Gasteiger partial charge in [0.25, 0.3) is 0 Å². The summed E-state index contributed by atoms with van der Waals surface area (Å²) in [5.74, 6) is 0.928. The molecule has 1 saturated heterocycles. The number of methoxy groups -OCH3 is 2. The number of rotatable bonds is 7. The highest BCUT2D eigenvalue weighted by Crippen LogP contribution is 2.48. The monoisotopic (exact) mass is 575 g/mol. The molecular formula is C31H31F2N5O4. The fraction of sp³-hybridized carbons (Fsp3) is 0.419. The molecule has 0 spiro atoms. The number of alkyl halides is 2. The van der Waals surface area contributed by atoms with Crippen LogP contribution in [0.2, 0.25) is 0 Å². The zero-order valence-corrected chi connectivity index (χ0v) is 23.3. The average Bonchev–Trinajstić information content (AvgIpc) is 3.64. The Balaban J connectivity index is 1.19. The van der Waals surface area contributed by atoms with Gasteiger partial charge < -0.3 is 23.5 Å². The molecule has 1 aromatic carbocycles. The Morgan fingerprint density at radius 3 is 2.43 bits per heavy atom. The van der Waals surface area contributed by atoms with Crippen LogP contribution in [0, 0.1) is 17.8 Å². The Hall–Kier alpha value is -4.12. The average molecular weight is 576 g/mol. The molecule has 11 heteroatoms. The van der Waals surface area contributed by atoms with Crippen molar-refractivity contribution in [3.63, 3.8) is 0 Å². The molecule has 4 atom stereocenters. The van der Waals surface area contributed by atoms with E-state index in [-0.39, 0.29) is 41.5 Å². The Morgan fingerprint density at radius 1 is 1.00 bits per heavy atom. The maximum absolute atomic E-state index is 13.2. The molecule has 4 aromatic rings. The summed E-state index contributed by atoms with van der Waals surface area (Å²) >= 11 is 0. The number of para-hydroxylation sites is 1. The summed E-state index contributed by atoms with van der Waals surface area (Å²) in [5, 5.41) is 0. The number of nitrogens with zero attached hydrogens (tertiary/aromatic N) is 5. The van der Waals surface area contributed by atoms with Gasteiger partial charge in [0.15, 0.2) is 0 Å². The minimum Gasteiger partial charge on any atom is -0.469 e. The zero-order chi connectivity index (χ0) is 29.0. The minimum absolute atomic E-state index is 0.0374.